The lowest BCUT2D eigenvalue weighted by molar-refractivity contribution is 0.155. The molecular weight excluding hydrogens is 458 g/mol. The van der Waals surface area contributed by atoms with E-state index in [2.05, 4.69) is 31.2 Å². The number of hydrogen-bond acceptors (Lipinski definition) is 0. The highest BCUT2D eigenvalue weighted by molar-refractivity contribution is 5.29. The van der Waals surface area contributed by atoms with E-state index in [0.717, 1.165) is 54.9 Å². The van der Waals surface area contributed by atoms with Crippen LogP contribution >= 0.6 is 0 Å². The van der Waals surface area contributed by atoms with Crippen molar-refractivity contribution < 1.29 is 8.78 Å². The molecular formula is C35H48F2. The number of benzene rings is 2. The van der Waals surface area contributed by atoms with E-state index in [9.17, 15) is 8.78 Å². The standard InChI is InChI=1S/C35H48F2/c1-2-3-4-5-25-6-8-26(9-7-25)27-10-12-28(13-11-27)29-14-16-30(17-15-29)31-18-20-32(21-19-31)33-22-23-34(36)35(37)24-33/h14-17,22-28,31-32H,2-13,18-21H2,1H3. The molecule has 0 spiro atoms. The normalized spacial score (nSPS) is 30.8. The van der Waals surface area contributed by atoms with Gasteiger partial charge in [0.25, 0.3) is 0 Å². The maximum atomic E-state index is 13.7. The quantitative estimate of drug-likeness (QED) is 0.312. The highest BCUT2D eigenvalue weighted by atomic mass is 19.2. The van der Waals surface area contributed by atoms with E-state index >= 15 is 0 Å². The van der Waals surface area contributed by atoms with Crippen molar-refractivity contribution >= 4 is 0 Å². The van der Waals surface area contributed by atoms with Crippen LogP contribution in [-0.4, -0.2) is 0 Å². The summed E-state index contributed by atoms with van der Waals surface area (Å²) in [6, 6.07) is 14.1. The highest BCUT2D eigenvalue weighted by Crippen LogP contribution is 2.45. The second kappa shape index (κ2) is 12.9. The summed E-state index contributed by atoms with van der Waals surface area (Å²) in [5, 5.41) is 0. The molecule has 0 bridgehead atoms. The predicted octanol–water partition coefficient (Wildman–Crippen LogP) is 11.1. The minimum atomic E-state index is -0.744. The first kappa shape index (κ1) is 26.9. The van der Waals surface area contributed by atoms with Gasteiger partial charge >= 0.3 is 0 Å². The van der Waals surface area contributed by atoms with Crippen molar-refractivity contribution in [3.05, 3.63) is 70.8 Å². The largest absolute Gasteiger partial charge is 0.204 e. The van der Waals surface area contributed by atoms with Gasteiger partial charge in [-0.15, -0.1) is 0 Å². The molecule has 2 aromatic rings. The van der Waals surface area contributed by atoms with Gasteiger partial charge in [-0.2, -0.15) is 0 Å². The summed E-state index contributed by atoms with van der Waals surface area (Å²) in [5.41, 5.74) is 3.98. The smallest absolute Gasteiger partial charge is 0.159 e. The van der Waals surface area contributed by atoms with Gasteiger partial charge in [0.15, 0.2) is 11.6 Å². The Kier molecular flexibility index (Phi) is 9.37. The van der Waals surface area contributed by atoms with Gasteiger partial charge in [0.05, 0.1) is 0 Å². The van der Waals surface area contributed by atoms with E-state index in [4.69, 9.17) is 0 Å². The highest BCUT2D eigenvalue weighted by Gasteiger charge is 2.31. The third-order valence-corrected chi connectivity index (χ3v) is 10.6. The van der Waals surface area contributed by atoms with Gasteiger partial charge < -0.3 is 0 Å². The molecule has 0 atom stereocenters. The Labute approximate surface area is 224 Å². The van der Waals surface area contributed by atoms with Crippen molar-refractivity contribution in [1.29, 1.82) is 0 Å². The molecule has 202 valence electrons. The fourth-order valence-electron chi connectivity index (χ4n) is 8.12. The molecule has 5 rings (SSSR count). The molecule has 37 heavy (non-hydrogen) atoms. The van der Waals surface area contributed by atoms with Crippen molar-refractivity contribution in [2.75, 3.05) is 0 Å². The van der Waals surface area contributed by atoms with E-state index in [-0.39, 0.29) is 0 Å². The first-order valence-electron chi connectivity index (χ1n) is 15.7. The van der Waals surface area contributed by atoms with Gasteiger partial charge in [0.1, 0.15) is 0 Å². The minimum Gasteiger partial charge on any atom is -0.204 e. The Bertz CT molecular complexity index is 955. The van der Waals surface area contributed by atoms with Crippen LogP contribution < -0.4 is 0 Å². The van der Waals surface area contributed by atoms with Gasteiger partial charge in [-0.1, -0.05) is 75.8 Å². The molecule has 2 aromatic carbocycles. The third-order valence-electron chi connectivity index (χ3n) is 10.6. The lowest BCUT2D eigenvalue weighted by Gasteiger charge is -2.38. The maximum Gasteiger partial charge on any atom is 0.159 e. The van der Waals surface area contributed by atoms with Gasteiger partial charge in [0, 0.05) is 0 Å². The van der Waals surface area contributed by atoms with E-state index in [0.29, 0.717) is 11.8 Å². The van der Waals surface area contributed by atoms with Crippen molar-refractivity contribution in [3.8, 4) is 0 Å². The van der Waals surface area contributed by atoms with Crippen LogP contribution in [0.1, 0.15) is 144 Å². The average molecular weight is 507 g/mol. The fraction of sp³-hybridized carbons (Fsp3) is 0.657. The summed E-state index contributed by atoms with van der Waals surface area (Å²) in [4.78, 5) is 0. The first-order chi connectivity index (χ1) is 18.1. The molecule has 0 nitrogen and oxygen atoms in total. The topological polar surface area (TPSA) is 0 Å². The predicted molar refractivity (Wildman–Crippen MR) is 151 cm³/mol. The maximum absolute atomic E-state index is 13.7. The van der Waals surface area contributed by atoms with Gasteiger partial charge in [-0.25, -0.2) is 8.78 Å². The second-order valence-electron chi connectivity index (χ2n) is 12.8. The molecule has 0 aliphatic heterocycles. The van der Waals surface area contributed by atoms with Crippen molar-refractivity contribution in [2.24, 2.45) is 17.8 Å². The van der Waals surface area contributed by atoms with Crippen LogP contribution in [0.2, 0.25) is 0 Å². The molecule has 3 aliphatic rings. The number of unbranched alkanes of at least 4 members (excludes halogenated alkanes) is 2. The zero-order valence-corrected chi connectivity index (χ0v) is 23.1. The van der Waals surface area contributed by atoms with Gasteiger partial charge in [-0.3, -0.25) is 0 Å². The Balaban J connectivity index is 1.06. The van der Waals surface area contributed by atoms with E-state index in [1.54, 1.807) is 11.6 Å². The Morgan fingerprint density at radius 2 is 1.00 bits per heavy atom. The lowest BCUT2D eigenvalue weighted by Crippen LogP contribution is -2.25. The van der Waals surface area contributed by atoms with Crippen LogP contribution in [0.15, 0.2) is 42.5 Å². The van der Waals surface area contributed by atoms with Crippen LogP contribution in [0.3, 0.4) is 0 Å². The molecule has 3 fully saturated rings. The number of rotatable bonds is 8. The zero-order valence-electron chi connectivity index (χ0n) is 23.1. The zero-order chi connectivity index (χ0) is 25.6. The molecule has 0 radical (unpaired) electrons. The third kappa shape index (κ3) is 6.85. The van der Waals surface area contributed by atoms with Gasteiger partial charge in [0.2, 0.25) is 0 Å². The minimum absolute atomic E-state index is 0.358. The van der Waals surface area contributed by atoms with E-state index in [1.807, 2.05) is 0 Å². The molecule has 0 amide bonds. The first-order valence-corrected chi connectivity index (χ1v) is 15.7. The Hall–Kier alpha value is -1.70. The van der Waals surface area contributed by atoms with Crippen molar-refractivity contribution in [2.45, 2.75) is 127 Å². The van der Waals surface area contributed by atoms with Crippen LogP contribution in [0.4, 0.5) is 8.78 Å². The van der Waals surface area contributed by atoms with Crippen LogP contribution in [0.5, 0.6) is 0 Å². The molecule has 3 saturated carbocycles. The molecule has 3 aliphatic carbocycles. The number of halogens is 2. The van der Waals surface area contributed by atoms with Gasteiger partial charge in [-0.05, 0) is 129 Å². The molecule has 0 saturated heterocycles. The monoisotopic (exact) mass is 506 g/mol. The summed E-state index contributed by atoms with van der Waals surface area (Å²) in [6.07, 6.45) is 21.7. The summed E-state index contributed by atoms with van der Waals surface area (Å²) >= 11 is 0. The molecule has 2 heteroatoms. The fourth-order valence-corrected chi connectivity index (χ4v) is 8.12. The average Bonchev–Trinajstić information content (AvgIpc) is 2.95. The SMILES string of the molecule is CCCCCC1CCC(C2CCC(c3ccc(C4CCC(c5ccc(F)c(F)c5)CC4)cc3)CC2)CC1. The summed E-state index contributed by atoms with van der Waals surface area (Å²) in [7, 11) is 0. The molecule has 0 aromatic heterocycles. The Morgan fingerprint density at radius 3 is 1.51 bits per heavy atom. The van der Waals surface area contributed by atoms with Crippen molar-refractivity contribution in [3.63, 3.8) is 0 Å². The van der Waals surface area contributed by atoms with E-state index in [1.165, 1.54) is 94.7 Å². The summed E-state index contributed by atoms with van der Waals surface area (Å²) in [5.74, 6) is 3.27. The van der Waals surface area contributed by atoms with Crippen LogP contribution in [-0.2, 0) is 0 Å². The summed E-state index contributed by atoms with van der Waals surface area (Å²) < 4.78 is 27.0. The van der Waals surface area contributed by atoms with Crippen LogP contribution in [0.25, 0.3) is 0 Å². The second-order valence-corrected chi connectivity index (χ2v) is 12.8. The van der Waals surface area contributed by atoms with E-state index < -0.39 is 11.6 Å². The molecule has 0 N–H and O–H groups in total. The van der Waals surface area contributed by atoms with Crippen LogP contribution in [0, 0.1) is 29.4 Å². The Morgan fingerprint density at radius 1 is 0.541 bits per heavy atom. The lowest BCUT2D eigenvalue weighted by atomic mass is 9.68. The molecule has 0 unspecified atom stereocenters. The van der Waals surface area contributed by atoms with Crippen molar-refractivity contribution in [1.82, 2.24) is 0 Å². The number of hydrogen-bond donors (Lipinski definition) is 0. The summed E-state index contributed by atoms with van der Waals surface area (Å²) in [6.45, 7) is 2.32. The molecule has 0 heterocycles.